The molecule has 1 N–H and O–H groups in total. The lowest BCUT2D eigenvalue weighted by Crippen LogP contribution is -2.34. The van der Waals surface area contributed by atoms with Crippen molar-refractivity contribution in [3.63, 3.8) is 0 Å². The molecule has 0 bridgehead atoms. The number of rotatable bonds is 7. The molecule has 0 radical (unpaired) electrons. The number of nitrogens with one attached hydrogen (secondary N) is 1. The van der Waals surface area contributed by atoms with Gasteiger partial charge < -0.3 is 5.32 Å². The number of hydrogen-bond acceptors (Lipinski definition) is 8. The molecule has 32 heavy (non-hydrogen) atoms. The Morgan fingerprint density at radius 1 is 1.19 bits per heavy atom. The van der Waals surface area contributed by atoms with Gasteiger partial charge in [0.05, 0.1) is 17.7 Å². The van der Waals surface area contributed by atoms with Crippen LogP contribution in [0.25, 0.3) is 0 Å². The summed E-state index contributed by atoms with van der Waals surface area (Å²) in [6.07, 6.45) is 1.81. The minimum Gasteiger partial charge on any atom is -0.330 e. The van der Waals surface area contributed by atoms with Crippen LogP contribution in [-0.2, 0) is 16.4 Å². The number of benzene rings is 2. The Balaban J connectivity index is 1.40. The van der Waals surface area contributed by atoms with Crippen LogP contribution in [0.15, 0.2) is 40.7 Å². The van der Waals surface area contributed by atoms with Gasteiger partial charge in [-0.15, -0.1) is 10.2 Å². The second kappa shape index (κ2) is 8.84. The molecule has 0 fully saturated rings. The van der Waals surface area contributed by atoms with Crippen molar-refractivity contribution in [1.82, 2.24) is 10.2 Å². The highest BCUT2D eigenvalue weighted by Gasteiger charge is 2.32. The van der Waals surface area contributed by atoms with Crippen LogP contribution in [0, 0.1) is 13.8 Å². The van der Waals surface area contributed by atoms with Crippen LogP contribution in [0.5, 0.6) is 0 Å². The fourth-order valence-electron chi connectivity index (χ4n) is 3.75. The molecule has 1 aromatic heterocycles. The number of thioether (sulfide) groups is 1. The number of ketones is 1. The number of anilines is 3. The maximum absolute atomic E-state index is 12.7. The molecule has 1 aliphatic heterocycles. The first kappa shape index (κ1) is 22.8. The molecule has 2 aromatic carbocycles. The van der Waals surface area contributed by atoms with Gasteiger partial charge in [-0.3, -0.25) is 9.10 Å². The summed E-state index contributed by atoms with van der Waals surface area (Å²) in [6.45, 7) is 6.00. The summed E-state index contributed by atoms with van der Waals surface area (Å²) in [7, 11) is -3.34. The molecule has 10 heteroatoms. The van der Waals surface area contributed by atoms with E-state index in [1.807, 2.05) is 19.1 Å². The molecule has 7 nitrogen and oxygen atoms in total. The van der Waals surface area contributed by atoms with E-state index in [-0.39, 0.29) is 17.6 Å². The number of fused-ring (bicyclic) bond motifs is 1. The highest BCUT2D eigenvalue weighted by Crippen LogP contribution is 2.35. The second-order valence-corrected chi connectivity index (χ2v) is 12.0. The highest BCUT2D eigenvalue weighted by atomic mass is 32.2. The molecule has 4 rings (SSSR count). The number of hydrogen-bond donors (Lipinski definition) is 1. The molecule has 0 saturated heterocycles. The Labute approximate surface area is 196 Å². The monoisotopic (exact) mass is 488 g/mol. The molecule has 1 aliphatic rings. The number of carbonyl (C=O) groups excluding carboxylic acids is 1. The van der Waals surface area contributed by atoms with Crippen molar-refractivity contribution < 1.29 is 13.2 Å². The summed E-state index contributed by atoms with van der Waals surface area (Å²) in [5.41, 5.74) is 5.50. The van der Waals surface area contributed by atoms with E-state index in [0.717, 1.165) is 11.3 Å². The predicted molar refractivity (Wildman–Crippen MR) is 131 cm³/mol. The summed E-state index contributed by atoms with van der Waals surface area (Å²) < 4.78 is 26.3. The molecule has 0 spiro atoms. The zero-order chi connectivity index (χ0) is 23.0. The molecule has 3 aromatic rings. The van der Waals surface area contributed by atoms with Crippen LogP contribution in [0.3, 0.4) is 0 Å². The topological polar surface area (TPSA) is 92.3 Å². The third kappa shape index (κ3) is 4.82. The van der Waals surface area contributed by atoms with Crippen LogP contribution in [0.4, 0.5) is 16.5 Å². The number of nitrogens with zero attached hydrogens (tertiary/aromatic N) is 3. The first-order valence-electron chi connectivity index (χ1n) is 10.1. The number of sulfonamides is 1. The van der Waals surface area contributed by atoms with Gasteiger partial charge in [0, 0.05) is 17.3 Å². The second-order valence-electron chi connectivity index (χ2n) is 7.96. The van der Waals surface area contributed by atoms with Crippen LogP contribution in [0.1, 0.15) is 34.0 Å². The van der Waals surface area contributed by atoms with Crippen molar-refractivity contribution in [2.45, 2.75) is 37.6 Å². The number of aryl methyl sites for hydroxylation is 2. The summed E-state index contributed by atoms with van der Waals surface area (Å²) in [5, 5.41) is 12.3. The lowest BCUT2D eigenvalue weighted by atomic mass is 10.0. The fraction of sp³-hybridized carbons (Fsp3) is 0.318. The number of aromatic nitrogens is 2. The molecular weight excluding hydrogens is 464 g/mol. The van der Waals surface area contributed by atoms with Crippen molar-refractivity contribution in [2.24, 2.45) is 0 Å². The van der Waals surface area contributed by atoms with Gasteiger partial charge in [-0.2, -0.15) is 0 Å². The average Bonchev–Trinajstić information content (AvgIpc) is 3.30. The van der Waals surface area contributed by atoms with Crippen molar-refractivity contribution in [3.8, 4) is 0 Å². The van der Waals surface area contributed by atoms with Gasteiger partial charge in [0.25, 0.3) is 0 Å². The molecular formula is C22H24N4O3S3. The SMILES string of the molecule is Cc1ccc(Nc2nnc(SCC(=O)c3ccc4c(c3)CC(C)N4S(C)(=O)=O)s2)cc1C. The molecule has 0 saturated carbocycles. The van der Waals surface area contributed by atoms with Crippen molar-refractivity contribution in [1.29, 1.82) is 0 Å². The van der Waals surface area contributed by atoms with E-state index >= 15 is 0 Å². The Kier molecular flexibility index (Phi) is 6.28. The highest BCUT2D eigenvalue weighted by molar-refractivity contribution is 8.01. The number of carbonyl (C=O) groups is 1. The molecule has 168 valence electrons. The average molecular weight is 489 g/mol. The van der Waals surface area contributed by atoms with E-state index in [0.29, 0.717) is 27.1 Å². The maximum Gasteiger partial charge on any atom is 0.232 e. The fourth-order valence-corrected chi connectivity index (χ4v) is 6.68. The summed E-state index contributed by atoms with van der Waals surface area (Å²) in [4.78, 5) is 12.7. The van der Waals surface area contributed by atoms with Crippen molar-refractivity contribution in [3.05, 3.63) is 58.7 Å². The summed E-state index contributed by atoms with van der Waals surface area (Å²) in [5.74, 6) is 0.213. The first-order valence-corrected chi connectivity index (χ1v) is 13.7. The quantitative estimate of drug-likeness (QED) is 0.384. The largest absolute Gasteiger partial charge is 0.330 e. The van der Waals surface area contributed by atoms with Crippen molar-refractivity contribution >= 4 is 55.4 Å². The Morgan fingerprint density at radius 2 is 1.97 bits per heavy atom. The third-order valence-corrected chi connectivity index (χ3v) is 8.65. The van der Waals surface area contributed by atoms with E-state index < -0.39 is 10.0 Å². The van der Waals surface area contributed by atoms with Gasteiger partial charge in [0.15, 0.2) is 10.1 Å². The zero-order valence-corrected chi connectivity index (χ0v) is 20.7. The normalized spacial score (nSPS) is 15.6. The van der Waals surface area contributed by atoms with Gasteiger partial charge in [-0.1, -0.05) is 29.2 Å². The standard InChI is InChI=1S/C22H24N4O3S3/c1-13-5-7-18(9-14(13)2)23-21-24-25-22(31-21)30-12-20(27)16-6-8-19-17(11-16)10-15(3)26(19)32(4,28)29/h5-9,11,15H,10,12H2,1-4H3,(H,23,24). The van der Waals surface area contributed by atoms with Gasteiger partial charge >= 0.3 is 0 Å². The zero-order valence-electron chi connectivity index (χ0n) is 18.2. The minimum atomic E-state index is -3.34. The van der Waals surface area contributed by atoms with Crippen LogP contribution >= 0.6 is 23.1 Å². The minimum absolute atomic E-state index is 0.0258. The Morgan fingerprint density at radius 3 is 2.69 bits per heavy atom. The Bertz CT molecular complexity index is 1290. The molecule has 0 aliphatic carbocycles. The van der Waals surface area contributed by atoms with Crippen LogP contribution < -0.4 is 9.62 Å². The van der Waals surface area contributed by atoms with Gasteiger partial charge in [0.1, 0.15) is 0 Å². The van der Waals surface area contributed by atoms with E-state index in [9.17, 15) is 13.2 Å². The van der Waals surface area contributed by atoms with Crippen LogP contribution in [0.2, 0.25) is 0 Å². The first-order chi connectivity index (χ1) is 15.1. The molecule has 1 unspecified atom stereocenters. The summed E-state index contributed by atoms with van der Waals surface area (Å²) >= 11 is 2.75. The van der Waals surface area contributed by atoms with E-state index in [2.05, 4.69) is 41.5 Å². The van der Waals surface area contributed by atoms with E-state index in [1.165, 1.54) is 44.8 Å². The molecule has 1 atom stereocenters. The third-order valence-electron chi connectivity index (χ3n) is 5.40. The maximum atomic E-state index is 12.7. The van der Waals surface area contributed by atoms with Crippen LogP contribution in [-0.4, -0.2) is 42.4 Å². The molecule has 2 heterocycles. The van der Waals surface area contributed by atoms with Gasteiger partial charge in [-0.25, -0.2) is 8.42 Å². The lowest BCUT2D eigenvalue weighted by Gasteiger charge is -2.21. The smallest absolute Gasteiger partial charge is 0.232 e. The van der Waals surface area contributed by atoms with Crippen molar-refractivity contribution in [2.75, 3.05) is 21.6 Å². The Hall–Kier alpha value is -2.43. The number of Topliss-reactive ketones (excluding diaryl/α,β-unsaturated/α-hetero) is 1. The summed E-state index contributed by atoms with van der Waals surface area (Å²) in [6, 6.07) is 11.2. The molecule has 0 amide bonds. The van der Waals surface area contributed by atoms with E-state index in [4.69, 9.17) is 0 Å². The van der Waals surface area contributed by atoms with Gasteiger partial charge in [-0.05, 0) is 74.2 Å². The van der Waals surface area contributed by atoms with E-state index in [1.54, 1.807) is 12.1 Å². The van der Waals surface area contributed by atoms with Gasteiger partial charge in [0.2, 0.25) is 15.2 Å². The predicted octanol–water partition coefficient (Wildman–Crippen LogP) is 4.58. The lowest BCUT2D eigenvalue weighted by molar-refractivity contribution is 0.102.